The fraction of sp³-hybridized carbons (Fsp3) is 0.167. The van der Waals surface area contributed by atoms with Crippen LogP contribution in [-0.4, -0.2) is 4.98 Å². The van der Waals surface area contributed by atoms with E-state index in [-0.39, 0.29) is 10.3 Å². The summed E-state index contributed by atoms with van der Waals surface area (Å²) in [7, 11) is 0. The summed E-state index contributed by atoms with van der Waals surface area (Å²) in [6, 6.07) is 0.616. The monoisotopic (exact) mass is 240 g/mol. The average Bonchev–Trinajstić information content (AvgIpc) is 1.96. The van der Waals surface area contributed by atoms with Gasteiger partial charge in [-0.15, -0.1) is 0 Å². The third-order valence-electron chi connectivity index (χ3n) is 1.25. The van der Waals surface area contributed by atoms with Crippen molar-refractivity contribution in [1.29, 1.82) is 0 Å². The highest BCUT2D eigenvalue weighted by Gasteiger charge is 2.15. The number of aromatic nitrogens is 1. The zero-order valence-corrected chi connectivity index (χ0v) is 7.28. The van der Waals surface area contributed by atoms with Crippen LogP contribution < -0.4 is 5.73 Å². The summed E-state index contributed by atoms with van der Waals surface area (Å²) in [6.07, 6.45) is -2.79. The van der Waals surface area contributed by atoms with Gasteiger partial charge in [-0.3, -0.25) is 0 Å². The fourth-order valence-electron chi connectivity index (χ4n) is 0.692. The predicted molar refractivity (Wildman–Crippen MR) is 41.3 cm³/mol. The minimum Gasteiger partial charge on any atom is -0.396 e. The number of nitrogens with zero attached hydrogens (tertiary/aromatic N) is 1. The quantitative estimate of drug-likeness (QED) is 0.767. The van der Waals surface area contributed by atoms with E-state index in [1.54, 1.807) is 0 Å². The molecule has 66 valence electrons. The Balaban J connectivity index is 3.28. The highest BCUT2D eigenvalue weighted by Crippen LogP contribution is 2.29. The standard InChI is InChI=1S/C6H4BrF3N2/c7-5-4(11)2(6(9)10)1-3(8)12-5/h1,6H,11H2. The maximum Gasteiger partial charge on any atom is 0.266 e. The Morgan fingerprint density at radius 2 is 2.08 bits per heavy atom. The number of hydrogen-bond donors (Lipinski definition) is 1. The van der Waals surface area contributed by atoms with E-state index in [1.165, 1.54) is 0 Å². The Morgan fingerprint density at radius 3 is 2.58 bits per heavy atom. The molecule has 0 spiro atoms. The molecule has 0 aliphatic carbocycles. The van der Waals surface area contributed by atoms with Gasteiger partial charge in [-0.1, -0.05) is 0 Å². The highest BCUT2D eigenvalue weighted by molar-refractivity contribution is 9.10. The summed E-state index contributed by atoms with van der Waals surface area (Å²) in [4.78, 5) is 3.21. The normalized spacial score (nSPS) is 10.8. The zero-order valence-electron chi connectivity index (χ0n) is 5.69. The van der Waals surface area contributed by atoms with Crippen LogP contribution in [0.3, 0.4) is 0 Å². The van der Waals surface area contributed by atoms with Gasteiger partial charge in [-0.2, -0.15) is 4.39 Å². The van der Waals surface area contributed by atoms with Gasteiger partial charge in [0.2, 0.25) is 5.95 Å². The molecule has 1 rings (SSSR count). The van der Waals surface area contributed by atoms with Gasteiger partial charge in [0, 0.05) is 11.6 Å². The predicted octanol–water partition coefficient (Wildman–Crippen LogP) is 2.50. The molecule has 0 radical (unpaired) electrons. The van der Waals surface area contributed by atoms with Gasteiger partial charge in [0.15, 0.2) is 0 Å². The Morgan fingerprint density at radius 1 is 1.50 bits per heavy atom. The molecule has 6 heteroatoms. The zero-order chi connectivity index (χ0) is 9.30. The van der Waals surface area contributed by atoms with E-state index in [2.05, 4.69) is 20.9 Å². The summed E-state index contributed by atoms with van der Waals surface area (Å²) < 4.78 is 36.5. The van der Waals surface area contributed by atoms with Crippen molar-refractivity contribution < 1.29 is 13.2 Å². The van der Waals surface area contributed by atoms with Crippen molar-refractivity contribution in [3.8, 4) is 0 Å². The first-order chi connectivity index (χ1) is 5.52. The Hall–Kier alpha value is -0.780. The maximum atomic E-state index is 12.4. The molecule has 0 bridgehead atoms. The molecule has 0 aromatic carbocycles. The molecule has 1 aromatic rings. The van der Waals surface area contributed by atoms with E-state index in [1.807, 2.05) is 0 Å². The lowest BCUT2D eigenvalue weighted by molar-refractivity contribution is 0.151. The van der Waals surface area contributed by atoms with Crippen molar-refractivity contribution in [1.82, 2.24) is 4.98 Å². The van der Waals surface area contributed by atoms with E-state index in [0.717, 1.165) is 0 Å². The van der Waals surface area contributed by atoms with E-state index >= 15 is 0 Å². The van der Waals surface area contributed by atoms with Gasteiger partial charge in [0.1, 0.15) is 4.60 Å². The second-order valence-electron chi connectivity index (χ2n) is 2.04. The van der Waals surface area contributed by atoms with Crippen molar-refractivity contribution in [2.45, 2.75) is 6.43 Å². The number of anilines is 1. The SMILES string of the molecule is Nc1c(C(F)F)cc(F)nc1Br. The van der Waals surface area contributed by atoms with Crippen LogP contribution >= 0.6 is 15.9 Å². The summed E-state index contributed by atoms with van der Waals surface area (Å²) in [5, 5.41) is 0. The lowest BCUT2D eigenvalue weighted by atomic mass is 10.2. The molecule has 0 fully saturated rings. The minimum absolute atomic E-state index is 0.0993. The summed E-state index contributed by atoms with van der Waals surface area (Å²) in [5.74, 6) is -0.980. The summed E-state index contributed by atoms with van der Waals surface area (Å²) >= 11 is 2.76. The summed E-state index contributed by atoms with van der Waals surface area (Å²) in [6.45, 7) is 0. The highest BCUT2D eigenvalue weighted by atomic mass is 79.9. The average molecular weight is 241 g/mol. The summed E-state index contributed by atoms with van der Waals surface area (Å²) in [5.41, 5.74) is 4.42. The van der Waals surface area contributed by atoms with Crippen LogP contribution in [0.5, 0.6) is 0 Å². The molecule has 12 heavy (non-hydrogen) atoms. The van der Waals surface area contributed by atoms with Gasteiger partial charge in [0.05, 0.1) is 5.69 Å². The van der Waals surface area contributed by atoms with Gasteiger partial charge in [-0.05, 0) is 15.9 Å². The molecule has 0 amide bonds. The number of hydrogen-bond acceptors (Lipinski definition) is 2. The largest absolute Gasteiger partial charge is 0.396 e. The number of nitrogen functional groups attached to an aromatic ring is 1. The lowest BCUT2D eigenvalue weighted by Gasteiger charge is -2.04. The van der Waals surface area contributed by atoms with Crippen LogP contribution in [0.4, 0.5) is 18.9 Å². The Labute approximate surface area is 74.7 Å². The number of rotatable bonds is 1. The maximum absolute atomic E-state index is 12.4. The first-order valence-electron chi connectivity index (χ1n) is 2.92. The Bertz CT molecular complexity index is 303. The minimum atomic E-state index is -2.79. The second-order valence-corrected chi connectivity index (χ2v) is 2.79. The molecular weight excluding hydrogens is 237 g/mol. The van der Waals surface area contributed by atoms with Crippen LogP contribution in [0, 0.1) is 5.95 Å². The van der Waals surface area contributed by atoms with Crippen LogP contribution in [0.1, 0.15) is 12.0 Å². The van der Waals surface area contributed by atoms with Crippen LogP contribution in [0.2, 0.25) is 0 Å². The van der Waals surface area contributed by atoms with E-state index in [0.29, 0.717) is 6.07 Å². The van der Waals surface area contributed by atoms with Gasteiger partial charge in [-0.25, -0.2) is 13.8 Å². The molecule has 1 aromatic heterocycles. The topological polar surface area (TPSA) is 38.9 Å². The molecule has 0 saturated carbocycles. The second kappa shape index (κ2) is 3.30. The van der Waals surface area contributed by atoms with Crippen molar-refractivity contribution in [2.24, 2.45) is 0 Å². The van der Waals surface area contributed by atoms with E-state index in [4.69, 9.17) is 5.73 Å². The van der Waals surface area contributed by atoms with Crippen molar-refractivity contribution in [2.75, 3.05) is 5.73 Å². The number of halogens is 4. The number of alkyl halides is 2. The van der Waals surface area contributed by atoms with E-state index < -0.39 is 17.9 Å². The molecule has 0 aliphatic rings. The van der Waals surface area contributed by atoms with Crippen LogP contribution in [0.25, 0.3) is 0 Å². The number of nitrogens with two attached hydrogens (primary N) is 1. The van der Waals surface area contributed by atoms with Gasteiger partial charge in [0.25, 0.3) is 6.43 Å². The van der Waals surface area contributed by atoms with E-state index in [9.17, 15) is 13.2 Å². The smallest absolute Gasteiger partial charge is 0.266 e. The number of pyridine rings is 1. The molecule has 2 N–H and O–H groups in total. The van der Waals surface area contributed by atoms with Crippen molar-refractivity contribution in [3.05, 3.63) is 22.2 Å². The molecular formula is C6H4BrF3N2. The van der Waals surface area contributed by atoms with Crippen molar-refractivity contribution in [3.63, 3.8) is 0 Å². The molecule has 0 aliphatic heterocycles. The Kier molecular flexibility index (Phi) is 2.56. The fourth-order valence-corrected chi connectivity index (χ4v) is 1.09. The van der Waals surface area contributed by atoms with Crippen molar-refractivity contribution >= 4 is 21.6 Å². The van der Waals surface area contributed by atoms with Gasteiger partial charge >= 0.3 is 0 Å². The molecule has 1 heterocycles. The molecule has 0 saturated heterocycles. The lowest BCUT2D eigenvalue weighted by Crippen LogP contribution is -1.99. The first kappa shape index (κ1) is 9.31. The van der Waals surface area contributed by atoms with Crippen LogP contribution in [-0.2, 0) is 0 Å². The first-order valence-corrected chi connectivity index (χ1v) is 3.71. The molecule has 2 nitrogen and oxygen atoms in total. The van der Waals surface area contributed by atoms with Gasteiger partial charge < -0.3 is 5.73 Å². The molecule has 0 unspecified atom stereocenters. The van der Waals surface area contributed by atoms with Crippen LogP contribution in [0.15, 0.2) is 10.7 Å². The molecule has 0 atom stereocenters. The third kappa shape index (κ3) is 1.69. The third-order valence-corrected chi connectivity index (χ3v) is 1.85.